The molecule has 2 aromatic rings. The van der Waals surface area contributed by atoms with Gasteiger partial charge >= 0.3 is 5.97 Å². The summed E-state index contributed by atoms with van der Waals surface area (Å²) in [5.74, 6) is -1.40. The van der Waals surface area contributed by atoms with E-state index in [1.807, 2.05) is 51.1 Å². The van der Waals surface area contributed by atoms with Crippen molar-refractivity contribution in [2.24, 2.45) is 5.92 Å². The van der Waals surface area contributed by atoms with Gasteiger partial charge in [0.05, 0.1) is 5.92 Å². The molecule has 2 heterocycles. The second-order valence-corrected chi connectivity index (χ2v) is 7.50. The summed E-state index contributed by atoms with van der Waals surface area (Å²) in [6, 6.07) is 11.1. The molecule has 0 saturated carbocycles. The number of rotatable bonds is 3. The van der Waals surface area contributed by atoms with E-state index in [2.05, 4.69) is 5.16 Å². The Morgan fingerprint density at radius 3 is 2.44 bits per heavy atom. The fourth-order valence-electron chi connectivity index (χ4n) is 3.15. The van der Waals surface area contributed by atoms with Crippen LogP contribution in [0.4, 0.5) is 0 Å². The minimum Gasteiger partial charge on any atom is -0.481 e. The van der Waals surface area contributed by atoms with Crippen LogP contribution in [-0.4, -0.2) is 40.1 Å². The molecule has 0 spiro atoms. The van der Waals surface area contributed by atoms with E-state index in [1.165, 1.54) is 0 Å². The van der Waals surface area contributed by atoms with Crippen LogP contribution in [0.1, 0.15) is 48.5 Å². The highest BCUT2D eigenvalue weighted by Crippen LogP contribution is 2.34. The first-order chi connectivity index (χ1) is 11.8. The summed E-state index contributed by atoms with van der Waals surface area (Å²) in [6.07, 6.45) is 0. The summed E-state index contributed by atoms with van der Waals surface area (Å²) in [4.78, 5) is 26.0. The van der Waals surface area contributed by atoms with Crippen LogP contribution in [0.5, 0.6) is 0 Å². The number of aliphatic carboxylic acids is 1. The third kappa shape index (κ3) is 3.43. The molecule has 1 aliphatic heterocycles. The van der Waals surface area contributed by atoms with Crippen LogP contribution >= 0.6 is 0 Å². The molecule has 1 N–H and O–H groups in total. The van der Waals surface area contributed by atoms with Gasteiger partial charge in [-0.2, -0.15) is 0 Å². The van der Waals surface area contributed by atoms with Gasteiger partial charge in [0.15, 0.2) is 5.69 Å². The van der Waals surface area contributed by atoms with E-state index in [0.29, 0.717) is 12.3 Å². The van der Waals surface area contributed by atoms with E-state index < -0.39 is 11.9 Å². The molecule has 6 nitrogen and oxygen atoms in total. The number of nitrogens with zero attached hydrogens (tertiary/aromatic N) is 2. The van der Waals surface area contributed by atoms with Gasteiger partial charge in [-0.15, -0.1) is 0 Å². The highest BCUT2D eigenvalue weighted by molar-refractivity contribution is 5.93. The Hall–Kier alpha value is -2.63. The summed E-state index contributed by atoms with van der Waals surface area (Å²) in [5, 5.41) is 13.4. The Morgan fingerprint density at radius 2 is 1.88 bits per heavy atom. The molecule has 1 aliphatic rings. The van der Waals surface area contributed by atoms with Crippen molar-refractivity contribution in [2.75, 3.05) is 13.1 Å². The summed E-state index contributed by atoms with van der Waals surface area (Å²) in [6.45, 7) is 6.46. The van der Waals surface area contributed by atoms with Crippen molar-refractivity contribution in [3.63, 3.8) is 0 Å². The molecule has 0 bridgehead atoms. The van der Waals surface area contributed by atoms with E-state index in [4.69, 9.17) is 4.52 Å². The first-order valence-corrected chi connectivity index (χ1v) is 8.31. The van der Waals surface area contributed by atoms with Crippen molar-refractivity contribution in [3.8, 4) is 0 Å². The zero-order valence-corrected chi connectivity index (χ0v) is 14.6. The fourth-order valence-corrected chi connectivity index (χ4v) is 3.15. The molecule has 132 valence electrons. The molecule has 6 heteroatoms. The Kier molecular flexibility index (Phi) is 4.37. The van der Waals surface area contributed by atoms with Gasteiger partial charge in [0.1, 0.15) is 5.76 Å². The second kappa shape index (κ2) is 6.35. The fraction of sp³-hybridized carbons (Fsp3) is 0.421. The van der Waals surface area contributed by atoms with Crippen molar-refractivity contribution in [3.05, 3.63) is 53.4 Å². The second-order valence-electron chi connectivity index (χ2n) is 7.50. The van der Waals surface area contributed by atoms with E-state index in [-0.39, 0.29) is 29.5 Å². The normalized spacial score (nSPS) is 20.7. The Bertz CT molecular complexity index is 776. The maximum absolute atomic E-state index is 12.7. The molecule has 0 unspecified atom stereocenters. The van der Waals surface area contributed by atoms with Crippen LogP contribution in [0.3, 0.4) is 0 Å². The predicted octanol–water partition coefficient (Wildman–Crippen LogP) is 2.91. The Labute approximate surface area is 146 Å². The molecule has 0 radical (unpaired) electrons. The largest absolute Gasteiger partial charge is 0.481 e. The number of hydrogen-bond donors (Lipinski definition) is 1. The molecular weight excluding hydrogens is 320 g/mol. The van der Waals surface area contributed by atoms with Crippen LogP contribution in [0.2, 0.25) is 0 Å². The van der Waals surface area contributed by atoms with Gasteiger partial charge in [-0.1, -0.05) is 56.3 Å². The number of hydrogen-bond acceptors (Lipinski definition) is 4. The Morgan fingerprint density at radius 1 is 1.20 bits per heavy atom. The minimum absolute atomic E-state index is 0.172. The zero-order chi connectivity index (χ0) is 18.2. The quantitative estimate of drug-likeness (QED) is 0.927. The summed E-state index contributed by atoms with van der Waals surface area (Å²) < 4.78 is 5.28. The average molecular weight is 342 g/mol. The van der Waals surface area contributed by atoms with Gasteiger partial charge in [-0.05, 0) is 5.56 Å². The van der Waals surface area contributed by atoms with Crippen molar-refractivity contribution < 1.29 is 19.2 Å². The van der Waals surface area contributed by atoms with Crippen LogP contribution in [0, 0.1) is 5.92 Å². The molecule has 3 rings (SSSR count). The maximum atomic E-state index is 12.7. The number of likely N-dealkylation sites (tertiary alicyclic amines) is 1. The lowest BCUT2D eigenvalue weighted by Crippen LogP contribution is -2.30. The summed E-state index contributed by atoms with van der Waals surface area (Å²) >= 11 is 0. The molecule has 1 fully saturated rings. The van der Waals surface area contributed by atoms with Gasteiger partial charge in [0.25, 0.3) is 5.91 Å². The molecule has 1 aromatic carbocycles. The van der Waals surface area contributed by atoms with Crippen molar-refractivity contribution >= 4 is 11.9 Å². The van der Waals surface area contributed by atoms with Gasteiger partial charge in [-0.25, -0.2) is 0 Å². The third-order valence-electron chi connectivity index (χ3n) is 4.62. The van der Waals surface area contributed by atoms with E-state index >= 15 is 0 Å². The number of amides is 1. The number of carboxylic acids is 1. The van der Waals surface area contributed by atoms with Crippen LogP contribution in [-0.2, 0) is 10.2 Å². The first kappa shape index (κ1) is 17.2. The number of benzene rings is 1. The molecule has 2 atom stereocenters. The van der Waals surface area contributed by atoms with E-state index in [0.717, 1.165) is 5.56 Å². The monoisotopic (exact) mass is 342 g/mol. The van der Waals surface area contributed by atoms with Gasteiger partial charge in [0.2, 0.25) is 0 Å². The van der Waals surface area contributed by atoms with Crippen LogP contribution < -0.4 is 0 Å². The molecule has 25 heavy (non-hydrogen) atoms. The smallest absolute Gasteiger partial charge is 0.308 e. The summed E-state index contributed by atoms with van der Waals surface area (Å²) in [5.41, 5.74) is 0.913. The van der Waals surface area contributed by atoms with Crippen molar-refractivity contribution in [2.45, 2.75) is 32.1 Å². The van der Waals surface area contributed by atoms with E-state index in [9.17, 15) is 14.7 Å². The summed E-state index contributed by atoms with van der Waals surface area (Å²) in [7, 11) is 0. The molecular formula is C19H22N2O4. The third-order valence-corrected chi connectivity index (χ3v) is 4.62. The lowest BCUT2D eigenvalue weighted by atomic mass is 9.89. The SMILES string of the molecule is CC(C)(C)c1cc(C(=O)N2C[C@H](C(=O)O)[C@H](c3ccccc3)C2)no1. The molecule has 1 saturated heterocycles. The zero-order valence-electron chi connectivity index (χ0n) is 14.6. The number of carbonyl (C=O) groups excluding carboxylic acids is 1. The number of carbonyl (C=O) groups is 2. The van der Waals surface area contributed by atoms with E-state index in [1.54, 1.807) is 11.0 Å². The van der Waals surface area contributed by atoms with Crippen LogP contribution in [0.25, 0.3) is 0 Å². The average Bonchev–Trinajstić information content (AvgIpc) is 3.22. The lowest BCUT2D eigenvalue weighted by Gasteiger charge is -2.15. The van der Waals surface area contributed by atoms with Crippen molar-refractivity contribution in [1.29, 1.82) is 0 Å². The Balaban J connectivity index is 1.82. The first-order valence-electron chi connectivity index (χ1n) is 8.31. The predicted molar refractivity (Wildman–Crippen MR) is 91.4 cm³/mol. The minimum atomic E-state index is -0.889. The lowest BCUT2D eigenvalue weighted by molar-refractivity contribution is -0.141. The maximum Gasteiger partial charge on any atom is 0.308 e. The van der Waals surface area contributed by atoms with Crippen molar-refractivity contribution in [1.82, 2.24) is 10.1 Å². The highest BCUT2D eigenvalue weighted by atomic mass is 16.5. The molecule has 1 amide bonds. The van der Waals surface area contributed by atoms with Gasteiger partial charge < -0.3 is 14.5 Å². The molecule has 1 aromatic heterocycles. The van der Waals surface area contributed by atoms with Gasteiger partial charge in [0, 0.05) is 30.5 Å². The molecule has 0 aliphatic carbocycles. The standard InChI is InChI=1S/C19H22N2O4/c1-19(2,3)16-9-15(20-25-16)17(22)21-10-13(14(11-21)18(23)24)12-7-5-4-6-8-12/h4-9,13-14H,10-11H2,1-3H3,(H,23,24)/t13-,14-/m0/s1. The number of aromatic nitrogens is 1. The van der Waals surface area contributed by atoms with Gasteiger partial charge in [-0.3, -0.25) is 9.59 Å². The van der Waals surface area contributed by atoms with Crippen LogP contribution in [0.15, 0.2) is 40.9 Å². The number of carboxylic acid groups (broad SMARTS) is 1. The topological polar surface area (TPSA) is 83.6 Å². The highest BCUT2D eigenvalue weighted by Gasteiger charge is 2.41.